The lowest BCUT2D eigenvalue weighted by atomic mass is 10.00. The molecule has 1 heterocycles. The molecular formula is C18H24N2O. The van der Waals surface area contributed by atoms with E-state index in [9.17, 15) is 5.11 Å². The van der Waals surface area contributed by atoms with Crippen molar-refractivity contribution in [2.45, 2.75) is 39.3 Å². The molecule has 2 aromatic rings. The molecule has 1 atom stereocenters. The summed E-state index contributed by atoms with van der Waals surface area (Å²) in [4.78, 5) is 4.43. The van der Waals surface area contributed by atoms with Crippen molar-refractivity contribution in [2.24, 2.45) is 0 Å². The fourth-order valence-corrected chi connectivity index (χ4v) is 2.26. The predicted molar refractivity (Wildman–Crippen MR) is 86.2 cm³/mol. The van der Waals surface area contributed by atoms with Gasteiger partial charge in [0.2, 0.25) is 0 Å². The van der Waals surface area contributed by atoms with E-state index in [1.165, 1.54) is 5.56 Å². The zero-order chi connectivity index (χ0) is 15.2. The molecule has 2 rings (SSSR count). The molecule has 0 saturated heterocycles. The molecule has 2 N–H and O–H groups in total. The first-order valence-electron chi connectivity index (χ1n) is 7.47. The molecule has 0 bridgehead atoms. The molecule has 0 aliphatic rings. The van der Waals surface area contributed by atoms with E-state index in [4.69, 9.17) is 0 Å². The van der Waals surface area contributed by atoms with Crippen molar-refractivity contribution in [2.75, 3.05) is 6.54 Å². The number of nitrogens with zero attached hydrogens (tertiary/aromatic N) is 1. The van der Waals surface area contributed by atoms with Crippen LogP contribution in [0.3, 0.4) is 0 Å². The first kappa shape index (κ1) is 15.7. The van der Waals surface area contributed by atoms with E-state index in [0.29, 0.717) is 19.0 Å². The maximum Gasteiger partial charge on any atom is 0.0914 e. The largest absolute Gasteiger partial charge is 0.387 e. The summed E-state index contributed by atoms with van der Waals surface area (Å²) >= 11 is 0. The van der Waals surface area contributed by atoms with Crippen LogP contribution in [0.15, 0.2) is 42.5 Å². The Kier molecular flexibility index (Phi) is 5.48. The van der Waals surface area contributed by atoms with Gasteiger partial charge in [0.1, 0.15) is 0 Å². The maximum atomic E-state index is 10.2. The standard InChI is InChI=1S/C18H24N2O/c1-13(2)15-7-9-16(10-8-15)18(21)12-19-11-17-6-4-5-14(3)20-17/h4-10,13,18-19,21H,11-12H2,1-3H3. The zero-order valence-electron chi connectivity index (χ0n) is 13.0. The molecule has 0 saturated carbocycles. The van der Waals surface area contributed by atoms with Crippen LogP contribution in [-0.2, 0) is 6.54 Å². The third-order valence-electron chi connectivity index (χ3n) is 3.58. The molecule has 112 valence electrons. The third-order valence-corrected chi connectivity index (χ3v) is 3.58. The van der Waals surface area contributed by atoms with Crippen LogP contribution in [-0.4, -0.2) is 16.6 Å². The summed E-state index contributed by atoms with van der Waals surface area (Å²) < 4.78 is 0. The molecule has 1 aromatic heterocycles. The number of hydrogen-bond donors (Lipinski definition) is 2. The van der Waals surface area contributed by atoms with Crippen LogP contribution >= 0.6 is 0 Å². The number of aryl methyl sites for hydroxylation is 1. The van der Waals surface area contributed by atoms with Gasteiger partial charge in [-0.3, -0.25) is 4.98 Å². The second kappa shape index (κ2) is 7.34. The summed E-state index contributed by atoms with van der Waals surface area (Å²) in [7, 11) is 0. The molecular weight excluding hydrogens is 260 g/mol. The monoisotopic (exact) mass is 284 g/mol. The van der Waals surface area contributed by atoms with Crippen molar-refractivity contribution >= 4 is 0 Å². The highest BCUT2D eigenvalue weighted by atomic mass is 16.3. The summed E-state index contributed by atoms with van der Waals surface area (Å²) in [6.45, 7) is 7.51. The van der Waals surface area contributed by atoms with Crippen LogP contribution in [0.1, 0.15) is 48.4 Å². The molecule has 1 unspecified atom stereocenters. The summed E-state index contributed by atoms with van der Waals surface area (Å²) in [5.41, 5.74) is 4.25. The van der Waals surface area contributed by atoms with Crippen molar-refractivity contribution in [1.29, 1.82) is 0 Å². The zero-order valence-corrected chi connectivity index (χ0v) is 13.0. The number of aliphatic hydroxyl groups is 1. The van der Waals surface area contributed by atoms with Gasteiger partial charge in [-0.25, -0.2) is 0 Å². The van der Waals surface area contributed by atoms with Gasteiger partial charge in [0.05, 0.1) is 11.8 Å². The average Bonchev–Trinajstić information content (AvgIpc) is 2.47. The minimum absolute atomic E-state index is 0.490. The van der Waals surface area contributed by atoms with Crippen molar-refractivity contribution in [3.05, 3.63) is 65.0 Å². The number of nitrogens with one attached hydrogen (secondary N) is 1. The smallest absolute Gasteiger partial charge is 0.0914 e. The van der Waals surface area contributed by atoms with Crippen molar-refractivity contribution in [3.63, 3.8) is 0 Å². The van der Waals surface area contributed by atoms with Gasteiger partial charge in [-0.2, -0.15) is 0 Å². The van der Waals surface area contributed by atoms with E-state index in [-0.39, 0.29) is 0 Å². The van der Waals surface area contributed by atoms with E-state index in [0.717, 1.165) is 17.0 Å². The number of hydrogen-bond acceptors (Lipinski definition) is 3. The molecule has 0 aliphatic carbocycles. The van der Waals surface area contributed by atoms with E-state index in [1.807, 2.05) is 37.3 Å². The molecule has 3 nitrogen and oxygen atoms in total. The van der Waals surface area contributed by atoms with Gasteiger partial charge < -0.3 is 10.4 Å². The molecule has 0 amide bonds. The van der Waals surface area contributed by atoms with Gasteiger partial charge in [0.25, 0.3) is 0 Å². The normalized spacial score (nSPS) is 12.6. The van der Waals surface area contributed by atoms with Gasteiger partial charge >= 0.3 is 0 Å². The Morgan fingerprint density at radius 3 is 2.33 bits per heavy atom. The fraction of sp³-hybridized carbons (Fsp3) is 0.389. The van der Waals surface area contributed by atoms with E-state index in [2.05, 4.69) is 36.3 Å². The van der Waals surface area contributed by atoms with Crippen LogP contribution in [0.5, 0.6) is 0 Å². The van der Waals surface area contributed by atoms with Crippen molar-refractivity contribution in [1.82, 2.24) is 10.3 Å². The number of pyridine rings is 1. The first-order valence-corrected chi connectivity index (χ1v) is 7.47. The van der Waals surface area contributed by atoms with Crippen molar-refractivity contribution < 1.29 is 5.11 Å². The number of rotatable bonds is 6. The number of benzene rings is 1. The van der Waals surface area contributed by atoms with E-state index >= 15 is 0 Å². The molecule has 3 heteroatoms. The van der Waals surface area contributed by atoms with Crippen LogP contribution in [0.2, 0.25) is 0 Å². The molecule has 0 radical (unpaired) electrons. The highest BCUT2D eigenvalue weighted by Gasteiger charge is 2.08. The first-order chi connectivity index (χ1) is 10.1. The van der Waals surface area contributed by atoms with Crippen LogP contribution < -0.4 is 5.32 Å². The summed E-state index contributed by atoms with van der Waals surface area (Å²) in [5, 5.41) is 13.5. The lowest BCUT2D eigenvalue weighted by Gasteiger charge is -2.13. The summed E-state index contributed by atoms with van der Waals surface area (Å²) in [6, 6.07) is 14.2. The van der Waals surface area contributed by atoms with Gasteiger partial charge in [0.15, 0.2) is 0 Å². The molecule has 0 spiro atoms. The lowest BCUT2D eigenvalue weighted by molar-refractivity contribution is 0.174. The SMILES string of the molecule is Cc1cccc(CNCC(O)c2ccc(C(C)C)cc2)n1. The summed E-state index contributed by atoms with van der Waals surface area (Å²) in [6.07, 6.45) is -0.490. The quantitative estimate of drug-likeness (QED) is 0.855. The predicted octanol–water partition coefficient (Wildman–Crippen LogP) is 3.34. The van der Waals surface area contributed by atoms with E-state index in [1.54, 1.807) is 0 Å². The number of aromatic nitrogens is 1. The molecule has 0 fully saturated rings. The lowest BCUT2D eigenvalue weighted by Crippen LogP contribution is -2.21. The highest BCUT2D eigenvalue weighted by Crippen LogP contribution is 2.18. The van der Waals surface area contributed by atoms with Crippen LogP contribution in [0, 0.1) is 6.92 Å². The second-order valence-corrected chi connectivity index (χ2v) is 5.74. The Balaban J connectivity index is 1.85. The van der Waals surface area contributed by atoms with Crippen molar-refractivity contribution in [3.8, 4) is 0 Å². The van der Waals surface area contributed by atoms with Crippen LogP contribution in [0.25, 0.3) is 0 Å². The number of aliphatic hydroxyl groups excluding tert-OH is 1. The van der Waals surface area contributed by atoms with Gasteiger partial charge in [-0.1, -0.05) is 44.2 Å². The minimum atomic E-state index is -0.490. The Hall–Kier alpha value is -1.71. The summed E-state index contributed by atoms with van der Waals surface area (Å²) in [5.74, 6) is 0.515. The second-order valence-electron chi connectivity index (χ2n) is 5.74. The maximum absolute atomic E-state index is 10.2. The van der Waals surface area contributed by atoms with Gasteiger partial charge in [-0.15, -0.1) is 0 Å². The average molecular weight is 284 g/mol. The fourth-order valence-electron chi connectivity index (χ4n) is 2.26. The third kappa shape index (κ3) is 4.66. The minimum Gasteiger partial charge on any atom is -0.387 e. The molecule has 1 aromatic carbocycles. The molecule has 21 heavy (non-hydrogen) atoms. The Bertz CT molecular complexity index is 564. The van der Waals surface area contributed by atoms with Gasteiger partial charge in [-0.05, 0) is 36.1 Å². The van der Waals surface area contributed by atoms with E-state index < -0.39 is 6.10 Å². The Morgan fingerprint density at radius 1 is 1.05 bits per heavy atom. The Morgan fingerprint density at radius 2 is 1.71 bits per heavy atom. The van der Waals surface area contributed by atoms with Crippen LogP contribution in [0.4, 0.5) is 0 Å². The Labute approximate surface area is 127 Å². The van der Waals surface area contributed by atoms with Gasteiger partial charge in [0, 0.05) is 18.8 Å². The highest BCUT2D eigenvalue weighted by molar-refractivity contribution is 5.26. The molecule has 0 aliphatic heterocycles. The topological polar surface area (TPSA) is 45.1 Å².